The Bertz CT molecular complexity index is 132. The number of hydrogen-bond donors (Lipinski definition) is 0. The fourth-order valence-electron chi connectivity index (χ4n) is 1.40. The molecule has 0 amide bonds. The molecule has 0 aromatic heterocycles. The lowest BCUT2D eigenvalue weighted by Crippen LogP contribution is -2.42. The highest BCUT2D eigenvalue weighted by Crippen LogP contribution is 2.04. The minimum atomic E-state index is 1.17. The van der Waals surface area contributed by atoms with Crippen LogP contribution in [0.1, 0.15) is 26.7 Å². The molecule has 0 aromatic carbocycles. The lowest BCUT2D eigenvalue weighted by molar-refractivity contribution is -0.895. The standard InChI is InChI=1S/C12H30N2/c1-7-13(3,4)11-9-10-12-14(5,6)8-2/h7-12H2,1-6H3/q+2. The third-order valence-electron chi connectivity index (χ3n) is 3.49. The Morgan fingerprint density at radius 1 is 0.643 bits per heavy atom. The summed E-state index contributed by atoms with van der Waals surface area (Å²) in [6.45, 7) is 9.66. The van der Waals surface area contributed by atoms with E-state index in [0.717, 1.165) is 0 Å². The van der Waals surface area contributed by atoms with Gasteiger partial charge in [-0.05, 0) is 13.8 Å². The van der Waals surface area contributed by atoms with Gasteiger partial charge in [0.2, 0.25) is 0 Å². The van der Waals surface area contributed by atoms with Crippen molar-refractivity contribution in [3.8, 4) is 0 Å². The molecule has 0 saturated heterocycles. The van der Waals surface area contributed by atoms with E-state index >= 15 is 0 Å². The van der Waals surface area contributed by atoms with E-state index in [0.29, 0.717) is 0 Å². The lowest BCUT2D eigenvalue weighted by atomic mass is 10.2. The fraction of sp³-hybridized carbons (Fsp3) is 1.00. The van der Waals surface area contributed by atoms with Crippen LogP contribution in [0.25, 0.3) is 0 Å². The lowest BCUT2D eigenvalue weighted by Gasteiger charge is -2.30. The van der Waals surface area contributed by atoms with Gasteiger partial charge < -0.3 is 8.97 Å². The van der Waals surface area contributed by atoms with Crippen LogP contribution in [0.15, 0.2) is 0 Å². The molecule has 86 valence electrons. The maximum absolute atomic E-state index is 2.32. The first-order valence-electron chi connectivity index (χ1n) is 5.97. The molecule has 0 aliphatic rings. The van der Waals surface area contributed by atoms with Crippen LogP contribution >= 0.6 is 0 Å². The quantitative estimate of drug-likeness (QED) is 0.437. The van der Waals surface area contributed by atoms with Crippen molar-refractivity contribution in [2.24, 2.45) is 0 Å². The van der Waals surface area contributed by atoms with Crippen LogP contribution in [0.3, 0.4) is 0 Å². The van der Waals surface area contributed by atoms with Crippen LogP contribution in [0.2, 0.25) is 0 Å². The van der Waals surface area contributed by atoms with Crippen molar-refractivity contribution in [1.29, 1.82) is 0 Å². The molecule has 0 heterocycles. The maximum Gasteiger partial charge on any atom is 0.0784 e. The molecular formula is C12H30N2+2. The molecule has 0 fully saturated rings. The molecule has 0 radical (unpaired) electrons. The van der Waals surface area contributed by atoms with E-state index in [1.807, 2.05) is 0 Å². The summed E-state index contributed by atoms with van der Waals surface area (Å²) in [5, 5.41) is 0. The van der Waals surface area contributed by atoms with Gasteiger partial charge in [0.05, 0.1) is 54.4 Å². The van der Waals surface area contributed by atoms with Crippen LogP contribution in [-0.4, -0.2) is 63.3 Å². The third kappa shape index (κ3) is 6.39. The van der Waals surface area contributed by atoms with E-state index in [9.17, 15) is 0 Å². The summed E-state index contributed by atoms with van der Waals surface area (Å²) < 4.78 is 2.33. The topological polar surface area (TPSA) is 0 Å². The van der Waals surface area contributed by atoms with Crippen molar-refractivity contribution < 1.29 is 8.97 Å². The van der Waals surface area contributed by atoms with Crippen molar-refractivity contribution >= 4 is 0 Å². The van der Waals surface area contributed by atoms with Gasteiger partial charge in [-0.1, -0.05) is 0 Å². The van der Waals surface area contributed by atoms with E-state index in [1.54, 1.807) is 0 Å². The Morgan fingerprint density at radius 3 is 1.14 bits per heavy atom. The molecule has 0 saturated carbocycles. The number of quaternary nitrogens is 2. The minimum absolute atomic E-state index is 1.17. The maximum atomic E-state index is 2.32. The summed E-state index contributed by atoms with van der Waals surface area (Å²) in [6.07, 6.45) is 2.73. The zero-order valence-corrected chi connectivity index (χ0v) is 11.1. The molecule has 2 nitrogen and oxygen atoms in total. The van der Waals surface area contributed by atoms with Gasteiger partial charge in [-0.2, -0.15) is 0 Å². The molecule has 0 N–H and O–H groups in total. The van der Waals surface area contributed by atoms with E-state index in [-0.39, 0.29) is 0 Å². The zero-order chi connectivity index (χ0) is 11.2. The normalized spacial score (nSPS) is 13.3. The fourth-order valence-corrected chi connectivity index (χ4v) is 1.40. The van der Waals surface area contributed by atoms with Gasteiger partial charge in [-0.3, -0.25) is 0 Å². The Morgan fingerprint density at radius 2 is 0.929 bits per heavy atom. The van der Waals surface area contributed by atoms with Gasteiger partial charge in [-0.15, -0.1) is 0 Å². The zero-order valence-electron chi connectivity index (χ0n) is 11.1. The summed E-state index contributed by atoms with van der Waals surface area (Å²) in [4.78, 5) is 0. The Hall–Kier alpha value is -0.0800. The summed E-state index contributed by atoms with van der Waals surface area (Å²) in [5.41, 5.74) is 0. The monoisotopic (exact) mass is 202 g/mol. The predicted octanol–water partition coefficient (Wildman–Crippen LogP) is 1.96. The van der Waals surface area contributed by atoms with Gasteiger partial charge in [0, 0.05) is 12.8 Å². The van der Waals surface area contributed by atoms with Crippen molar-refractivity contribution in [1.82, 2.24) is 0 Å². The molecular weight excluding hydrogens is 172 g/mol. The van der Waals surface area contributed by atoms with Crippen LogP contribution in [0.5, 0.6) is 0 Å². The number of nitrogens with zero attached hydrogens (tertiary/aromatic N) is 2. The van der Waals surface area contributed by atoms with Gasteiger partial charge in [0.25, 0.3) is 0 Å². The molecule has 0 bridgehead atoms. The van der Waals surface area contributed by atoms with Crippen LogP contribution in [0, 0.1) is 0 Å². The Labute approximate surface area is 90.7 Å². The second kappa shape index (κ2) is 5.72. The van der Waals surface area contributed by atoms with Crippen LogP contribution in [-0.2, 0) is 0 Å². The van der Waals surface area contributed by atoms with Crippen LogP contribution in [0.4, 0.5) is 0 Å². The molecule has 0 aromatic rings. The summed E-state index contributed by atoms with van der Waals surface area (Å²) in [6, 6.07) is 0. The van der Waals surface area contributed by atoms with Gasteiger partial charge >= 0.3 is 0 Å². The first-order chi connectivity index (χ1) is 6.33. The van der Waals surface area contributed by atoms with Gasteiger partial charge in [0.15, 0.2) is 0 Å². The van der Waals surface area contributed by atoms with E-state index in [2.05, 4.69) is 42.0 Å². The first kappa shape index (κ1) is 13.9. The second-order valence-corrected chi connectivity index (χ2v) is 5.66. The van der Waals surface area contributed by atoms with Crippen molar-refractivity contribution in [2.45, 2.75) is 26.7 Å². The van der Waals surface area contributed by atoms with E-state index in [1.165, 1.54) is 48.0 Å². The number of hydrogen-bond acceptors (Lipinski definition) is 0. The Kier molecular flexibility index (Phi) is 5.68. The van der Waals surface area contributed by atoms with Crippen LogP contribution < -0.4 is 0 Å². The third-order valence-corrected chi connectivity index (χ3v) is 3.49. The van der Waals surface area contributed by atoms with Crippen molar-refractivity contribution in [3.63, 3.8) is 0 Å². The summed E-state index contributed by atoms with van der Waals surface area (Å²) in [7, 11) is 9.28. The van der Waals surface area contributed by atoms with E-state index < -0.39 is 0 Å². The Balaban J connectivity index is 3.57. The minimum Gasteiger partial charge on any atom is -0.329 e. The highest BCUT2D eigenvalue weighted by molar-refractivity contribution is 4.39. The van der Waals surface area contributed by atoms with Crippen molar-refractivity contribution in [2.75, 3.05) is 54.4 Å². The van der Waals surface area contributed by atoms with E-state index in [4.69, 9.17) is 0 Å². The second-order valence-electron chi connectivity index (χ2n) is 5.66. The van der Waals surface area contributed by atoms with Gasteiger partial charge in [-0.25, -0.2) is 0 Å². The molecule has 0 unspecified atom stereocenters. The molecule has 0 aliphatic heterocycles. The smallest absolute Gasteiger partial charge is 0.0784 e. The summed E-state index contributed by atoms with van der Waals surface area (Å²) >= 11 is 0. The summed E-state index contributed by atoms with van der Waals surface area (Å²) in [5.74, 6) is 0. The SMILES string of the molecule is CC[N+](C)(C)CCCC[N+](C)(C)CC. The average molecular weight is 202 g/mol. The molecule has 0 atom stereocenters. The highest BCUT2D eigenvalue weighted by atomic mass is 15.3. The first-order valence-corrected chi connectivity index (χ1v) is 5.97. The number of unbranched alkanes of at least 4 members (excludes halogenated alkanes) is 1. The average Bonchev–Trinajstić information content (AvgIpc) is 2.13. The number of rotatable bonds is 7. The highest BCUT2D eigenvalue weighted by Gasteiger charge is 2.14. The largest absolute Gasteiger partial charge is 0.329 e. The molecule has 0 rings (SSSR count). The molecule has 0 spiro atoms. The van der Waals surface area contributed by atoms with Gasteiger partial charge in [0.1, 0.15) is 0 Å². The molecule has 14 heavy (non-hydrogen) atoms. The molecule has 0 aliphatic carbocycles. The predicted molar refractivity (Wildman–Crippen MR) is 64.3 cm³/mol. The van der Waals surface area contributed by atoms with Crippen molar-refractivity contribution in [3.05, 3.63) is 0 Å². The molecule has 2 heteroatoms.